The molecule has 1 aliphatic heterocycles. The number of fused-ring (bicyclic) bond motifs is 1. The molecule has 0 amide bonds. The second-order valence-electron chi connectivity index (χ2n) is 2.55. The molecular formula is C9H9N. The molecule has 1 aromatic carbocycles. The van der Waals surface area contributed by atoms with E-state index in [1.54, 1.807) is 0 Å². The Bertz CT molecular complexity index is 205. The second-order valence-corrected chi connectivity index (χ2v) is 2.55. The van der Waals surface area contributed by atoms with Crippen molar-refractivity contribution in [3.63, 3.8) is 0 Å². The van der Waals surface area contributed by atoms with E-state index in [-0.39, 0.29) is 0 Å². The van der Waals surface area contributed by atoms with E-state index >= 15 is 0 Å². The van der Waals surface area contributed by atoms with Gasteiger partial charge in [0, 0.05) is 13.1 Å². The van der Waals surface area contributed by atoms with Crippen molar-refractivity contribution in [2.75, 3.05) is 6.54 Å². The molecular weight excluding hydrogens is 122 g/mol. The van der Waals surface area contributed by atoms with Gasteiger partial charge in [0.2, 0.25) is 0 Å². The Morgan fingerprint density at radius 3 is 3.30 bits per heavy atom. The summed E-state index contributed by atoms with van der Waals surface area (Å²) < 4.78 is 0. The summed E-state index contributed by atoms with van der Waals surface area (Å²) in [4.78, 5) is 0. The third kappa shape index (κ3) is 0.929. The minimum atomic E-state index is 0.896. The van der Waals surface area contributed by atoms with Crippen LogP contribution >= 0.6 is 0 Å². The van der Waals surface area contributed by atoms with Crippen molar-refractivity contribution < 1.29 is 0 Å². The number of hydrogen-bond acceptors (Lipinski definition) is 0. The minimum Gasteiger partial charge on any atom is -0.237 e. The molecule has 0 atom stereocenters. The highest BCUT2D eigenvalue weighted by molar-refractivity contribution is 5.28. The molecule has 0 bridgehead atoms. The third-order valence-corrected chi connectivity index (χ3v) is 1.87. The Morgan fingerprint density at radius 2 is 2.40 bits per heavy atom. The van der Waals surface area contributed by atoms with E-state index in [4.69, 9.17) is 0 Å². The monoisotopic (exact) mass is 131 g/mol. The Labute approximate surface area is 61.1 Å². The van der Waals surface area contributed by atoms with Crippen molar-refractivity contribution in [2.24, 2.45) is 0 Å². The van der Waals surface area contributed by atoms with Crippen molar-refractivity contribution in [1.29, 1.82) is 0 Å². The van der Waals surface area contributed by atoms with Crippen LogP contribution in [0.2, 0.25) is 0 Å². The first kappa shape index (κ1) is 5.93. The SMILES string of the molecule is [c]1ccc2c(c1)C[N]CC2. The summed E-state index contributed by atoms with van der Waals surface area (Å²) in [6.45, 7) is 1.89. The van der Waals surface area contributed by atoms with Crippen LogP contribution in [0, 0.1) is 6.07 Å². The third-order valence-electron chi connectivity index (χ3n) is 1.87. The van der Waals surface area contributed by atoms with Crippen LogP contribution in [0.25, 0.3) is 0 Å². The molecule has 0 fully saturated rings. The van der Waals surface area contributed by atoms with Crippen LogP contribution in [0.5, 0.6) is 0 Å². The topological polar surface area (TPSA) is 14.1 Å². The maximum atomic E-state index is 4.30. The van der Waals surface area contributed by atoms with Crippen molar-refractivity contribution >= 4 is 0 Å². The van der Waals surface area contributed by atoms with Crippen LogP contribution < -0.4 is 5.32 Å². The summed E-state index contributed by atoms with van der Waals surface area (Å²) in [6, 6.07) is 9.22. The highest BCUT2D eigenvalue weighted by Crippen LogP contribution is 2.12. The molecule has 1 heteroatoms. The summed E-state index contributed by atoms with van der Waals surface area (Å²) >= 11 is 0. The Morgan fingerprint density at radius 1 is 1.40 bits per heavy atom. The largest absolute Gasteiger partial charge is 0.237 e. The molecule has 0 saturated heterocycles. The van der Waals surface area contributed by atoms with Gasteiger partial charge < -0.3 is 0 Å². The van der Waals surface area contributed by atoms with Gasteiger partial charge in [-0.2, -0.15) is 0 Å². The second kappa shape index (κ2) is 2.43. The first-order chi connectivity index (χ1) is 4.97. The van der Waals surface area contributed by atoms with E-state index < -0.39 is 0 Å². The standard InChI is InChI=1S/C9H9N/c1-2-4-9-7-10-6-5-8(9)3-1/h1,3-4H,5-7H2. The van der Waals surface area contributed by atoms with E-state index in [2.05, 4.69) is 17.4 Å². The van der Waals surface area contributed by atoms with Gasteiger partial charge in [-0.1, -0.05) is 12.1 Å². The number of rotatable bonds is 0. The lowest BCUT2D eigenvalue weighted by atomic mass is 10.0. The smallest absolute Gasteiger partial charge is 0.0387 e. The van der Waals surface area contributed by atoms with Gasteiger partial charge in [-0.05, 0) is 29.7 Å². The molecule has 0 saturated carbocycles. The molecule has 0 unspecified atom stereocenters. The summed E-state index contributed by atoms with van der Waals surface area (Å²) in [5, 5.41) is 4.30. The summed E-state index contributed by atoms with van der Waals surface area (Å²) in [5.41, 5.74) is 2.81. The predicted octanol–water partition coefficient (Wildman–Crippen LogP) is 1.15. The molecule has 1 nitrogen and oxygen atoms in total. The molecule has 10 heavy (non-hydrogen) atoms. The zero-order valence-electron chi connectivity index (χ0n) is 5.80. The highest BCUT2D eigenvalue weighted by Gasteiger charge is 2.06. The van der Waals surface area contributed by atoms with Crippen molar-refractivity contribution in [1.82, 2.24) is 5.32 Å². The van der Waals surface area contributed by atoms with E-state index in [0.717, 1.165) is 19.5 Å². The van der Waals surface area contributed by atoms with Crippen LogP contribution in [-0.2, 0) is 13.0 Å². The molecule has 0 spiro atoms. The Hall–Kier alpha value is -0.820. The van der Waals surface area contributed by atoms with E-state index in [9.17, 15) is 0 Å². The highest BCUT2D eigenvalue weighted by atomic mass is 14.9. The normalized spacial score (nSPS) is 16.4. The molecule has 2 radical (unpaired) electrons. The van der Waals surface area contributed by atoms with Gasteiger partial charge in [0.25, 0.3) is 0 Å². The van der Waals surface area contributed by atoms with Gasteiger partial charge in [-0.15, -0.1) is 0 Å². The molecule has 0 aliphatic carbocycles. The van der Waals surface area contributed by atoms with Gasteiger partial charge >= 0.3 is 0 Å². The lowest BCUT2D eigenvalue weighted by molar-refractivity contribution is 0.630. The first-order valence-corrected chi connectivity index (χ1v) is 3.58. The molecule has 1 aliphatic rings. The number of benzene rings is 1. The summed E-state index contributed by atoms with van der Waals surface area (Å²) in [7, 11) is 0. The van der Waals surface area contributed by atoms with Crippen molar-refractivity contribution in [2.45, 2.75) is 13.0 Å². The van der Waals surface area contributed by atoms with Gasteiger partial charge in [0.05, 0.1) is 0 Å². The van der Waals surface area contributed by atoms with E-state index in [1.807, 2.05) is 12.1 Å². The fraction of sp³-hybridized carbons (Fsp3) is 0.333. The first-order valence-electron chi connectivity index (χ1n) is 3.58. The zero-order chi connectivity index (χ0) is 6.81. The Balaban J connectivity index is 2.41. The predicted molar refractivity (Wildman–Crippen MR) is 39.7 cm³/mol. The number of nitrogens with zero attached hydrogens (tertiary/aromatic N) is 1. The van der Waals surface area contributed by atoms with Crippen LogP contribution in [0.1, 0.15) is 11.1 Å². The Kier molecular flexibility index (Phi) is 1.44. The lowest BCUT2D eigenvalue weighted by Crippen LogP contribution is -2.16. The number of hydrogen-bond donors (Lipinski definition) is 0. The van der Waals surface area contributed by atoms with Crippen molar-refractivity contribution in [3.8, 4) is 0 Å². The maximum absolute atomic E-state index is 4.30. The van der Waals surface area contributed by atoms with Crippen LogP contribution in [0.3, 0.4) is 0 Å². The van der Waals surface area contributed by atoms with E-state index in [1.165, 1.54) is 11.1 Å². The average molecular weight is 131 g/mol. The maximum Gasteiger partial charge on any atom is 0.0387 e. The van der Waals surface area contributed by atoms with Crippen LogP contribution in [0.4, 0.5) is 0 Å². The molecule has 1 heterocycles. The van der Waals surface area contributed by atoms with Gasteiger partial charge in [-0.25, -0.2) is 5.32 Å². The van der Waals surface area contributed by atoms with Gasteiger partial charge in [-0.3, -0.25) is 0 Å². The molecule has 0 N–H and O–H groups in total. The molecule has 0 aromatic heterocycles. The van der Waals surface area contributed by atoms with Gasteiger partial charge in [0.1, 0.15) is 0 Å². The molecule has 1 aromatic rings. The van der Waals surface area contributed by atoms with Crippen LogP contribution in [-0.4, -0.2) is 6.54 Å². The fourth-order valence-electron chi connectivity index (χ4n) is 1.29. The zero-order valence-corrected chi connectivity index (χ0v) is 5.80. The quantitative estimate of drug-likeness (QED) is 0.501. The molecule has 2 rings (SSSR count). The summed E-state index contributed by atoms with van der Waals surface area (Å²) in [6.07, 6.45) is 1.12. The average Bonchev–Trinajstić information content (AvgIpc) is 2.05. The van der Waals surface area contributed by atoms with Crippen molar-refractivity contribution in [3.05, 3.63) is 35.4 Å². The van der Waals surface area contributed by atoms with E-state index in [0.29, 0.717) is 0 Å². The molecule has 50 valence electrons. The van der Waals surface area contributed by atoms with Gasteiger partial charge in [0.15, 0.2) is 0 Å². The fourth-order valence-corrected chi connectivity index (χ4v) is 1.29. The lowest BCUT2D eigenvalue weighted by Gasteiger charge is -2.13. The summed E-state index contributed by atoms with van der Waals surface area (Å²) in [5.74, 6) is 0. The minimum absolute atomic E-state index is 0.896. The van der Waals surface area contributed by atoms with Crippen LogP contribution in [0.15, 0.2) is 18.2 Å².